The van der Waals surface area contributed by atoms with Crippen molar-refractivity contribution < 1.29 is 10.2 Å². The van der Waals surface area contributed by atoms with Crippen molar-refractivity contribution in [2.45, 2.75) is 18.6 Å². The zero-order valence-corrected chi connectivity index (χ0v) is 9.49. The predicted molar refractivity (Wildman–Crippen MR) is 65.3 cm³/mol. The van der Waals surface area contributed by atoms with Crippen LogP contribution in [0.25, 0.3) is 0 Å². The molecular weight excluding hydrogens is 216 g/mol. The predicted octanol–water partition coefficient (Wildman–Crippen LogP) is 2.72. The first-order valence-electron chi connectivity index (χ1n) is 5.37. The third-order valence-corrected chi connectivity index (χ3v) is 2.69. The molecule has 0 fully saturated rings. The van der Waals surface area contributed by atoms with Gasteiger partial charge in [-0.2, -0.15) is 10.2 Å². The van der Waals surface area contributed by atoms with Crippen molar-refractivity contribution in [1.82, 2.24) is 0 Å². The minimum Gasteiger partial charge on any atom is -0.506 e. The number of aromatic hydroxyl groups is 1. The number of benzene rings is 1. The molecule has 2 atom stereocenters. The van der Waals surface area contributed by atoms with Gasteiger partial charge in [0.25, 0.3) is 0 Å². The van der Waals surface area contributed by atoms with Crippen LogP contribution in [-0.2, 0) is 0 Å². The quantitative estimate of drug-likeness (QED) is 0.767. The van der Waals surface area contributed by atoms with Gasteiger partial charge in [0.1, 0.15) is 23.1 Å². The smallest absolute Gasteiger partial charge is 0.143 e. The van der Waals surface area contributed by atoms with E-state index in [-0.39, 0.29) is 5.75 Å². The fourth-order valence-electron chi connectivity index (χ4n) is 1.52. The molecule has 88 valence electrons. The molecular formula is C13H14N2O2. The van der Waals surface area contributed by atoms with Crippen molar-refractivity contribution in [3.05, 3.63) is 48.6 Å². The fourth-order valence-corrected chi connectivity index (χ4v) is 1.52. The Bertz CT molecular complexity index is 494. The van der Waals surface area contributed by atoms with Gasteiger partial charge in [-0.1, -0.05) is 36.4 Å². The highest BCUT2D eigenvalue weighted by Gasteiger charge is 2.30. The Balaban J connectivity index is 2.24. The molecule has 1 aliphatic rings. The lowest BCUT2D eigenvalue weighted by molar-refractivity contribution is 0.159. The Morgan fingerprint density at radius 2 is 2.00 bits per heavy atom. The standard InChI is InChI=1S/C13H14N2O2/c1-13(9-5-4-8-12(13)17)15-14-10-6-2-3-7-11(10)16/h2-9,12,16-17H,1H3. The summed E-state index contributed by atoms with van der Waals surface area (Å²) in [6.07, 6.45) is 6.31. The molecule has 0 spiro atoms. The average molecular weight is 230 g/mol. The molecule has 17 heavy (non-hydrogen) atoms. The largest absolute Gasteiger partial charge is 0.506 e. The Hall–Kier alpha value is -1.94. The van der Waals surface area contributed by atoms with Crippen LogP contribution in [0.2, 0.25) is 0 Å². The number of aliphatic hydroxyl groups is 1. The highest BCUT2D eigenvalue weighted by Crippen LogP contribution is 2.29. The van der Waals surface area contributed by atoms with Crippen molar-refractivity contribution in [3.63, 3.8) is 0 Å². The molecule has 0 heterocycles. The number of allylic oxidation sites excluding steroid dienone is 2. The first-order chi connectivity index (χ1) is 8.12. The minimum atomic E-state index is -0.781. The van der Waals surface area contributed by atoms with Gasteiger partial charge in [0.15, 0.2) is 0 Å². The van der Waals surface area contributed by atoms with E-state index >= 15 is 0 Å². The lowest BCUT2D eigenvalue weighted by Gasteiger charge is -2.25. The summed E-state index contributed by atoms with van der Waals surface area (Å²) in [5.74, 6) is 0.0738. The second-order valence-electron chi connectivity index (χ2n) is 4.10. The zero-order chi connectivity index (χ0) is 12.3. The topological polar surface area (TPSA) is 65.2 Å². The van der Waals surface area contributed by atoms with Crippen LogP contribution in [0.15, 0.2) is 58.8 Å². The van der Waals surface area contributed by atoms with E-state index in [1.807, 2.05) is 6.08 Å². The number of para-hydroxylation sites is 1. The molecule has 2 unspecified atom stereocenters. The SMILES string of the molecule is CC1(N=Nc2ccccc2O)C=CC=CC1O. The van der Waals surface area contributed by atoms with Crippen LogP contribution in [-0.4, -0.2) is 21.9 Å². The van der Waals surface area contributed by atoms with E-state index in [1.54, 1.807) is 49.4 Å². The molecule has 2 N–H and O–H groups in total. The number of nitrogens with zero attached hydrogens (tertiary/aromatic N) is 2. The second-order valence-corrected chi connectivity index (χ2v) is 4.10. The van der Waals surface area contributed by atoms with Gasteiger partial charge in [0, 0.05) is 0 Å². The molecule has 0 aromatic heterocycles. The maximum absolute atomic E-state index is 9.82. The van der Waals surface area contributed by atoms with E-state index in [1.165, 1.54) is 0 Å². The Morgan fingerprint density at radius 1 is 1.24 bits per heavy atom. The lowest BCUT2D eigenvalue weighted by atomic mass is 9.92. The molecule has 0 bridgehead atoms. The summed E-state index contributed by atoms with van der Waals surface area (Å²) < 4.78 is 0. The Morgan fingerprint density at radius 3 is 2.71 bits per heavy atom. The fraction of sp³-hybridized carbons (Fsp3) is 0.231. The molecule has 0 amide bonds. The van der Waals surface area contributed by atoms with Gasteiger partial charge in [-0.15, -0.1) is 0 Å². The summed E-state index contributed by atoms with van der Waals surface area (Å²) >= 11 is 0. The van der Waals surface area contributed by atoms with Gasteiger partial charge < -0.3 is 10.2 Å². The van der Waals surface area contributed by atoms with Crippen LogP contribution >= 0.6 is 0 Å². The number of rotatable bonds is 2. The first-order valence-corrected chi connectivity index (χ1v) is 5.37. The summed E-state index contributed by atoms with van der Waals surface area (Å²) in [5.41, 5.74) is -0.388. The number of azo groups is 1. The summed E-state index contributed by atoms with van der Waals surface area (Å²) in [7, 11) is 0. The molecule has 0 saturated carbocycles. The molecule has 0 radical (unpaired) electrons. The van der Waals surface area contributed by atoms with Gasteiger partial charge in [0.2, 0.25) is 0 Å². The van der Waals surface area contributed by atoms with Crippen LogP contribution in [0, 0.1) is 0 Å². The van der Waals surface area contributed by atoms with Crippen molar-refractivity contribution in [2.24, 2.45) is 10.2 Å². The van der Waals surface area contributed by atoms with E-state index in [9.17, 15) is 10.2 Å². The van der Waals surface area contributed by atoms with Crippen molar-refractivity contribution >= 4 is 5.69 Å². The molecule has 0 aliphatic heterocycles. The van der Waals surface area contributed by atoms with Gasteiger partial charge in [0.05, 0.1) is 0 Å². The van der Waals surface area contributed by atoms with E-state index in [4.69, 9.17) is 0 Å². The number of aliphatic hydroxyl groups excluding tert-OH is 1. The number of hydrogen-bond donors (Lipinski definition) is 2. The van der Waals surface area contributed by atoms with Crippen molar-refractivity contribution in [3.8, 4) is 5.75 Å². The summed E-state index contributed by atoms with van der Waals surface area (Å²) in [5, 5.41) is 27.4. The van der Waals surface area contributed by atoms with E-state index < -0.39 is 11.6 Å². The van der Waals surface area contributed by atoms with Gasteiger partial charge >= 0.3 is 0 Å². The molecule has 4 heteroatoms. The van der Waals surface area contributed by atoms with Gasteiger partial charge in [-0.05, 0) is 19.1 Å². The van der Waals surface area contributed by atoms with Crippen molar-refractivity contribution in [2.75, 3.05) is 0 Å². The second kappa shape index (κ2) is 4.51. The van der Waals surface area contributed by atoms with Crippen LogP contribution in [0.3, 0.4) is 0 Å². The van der Waals surface area contributed by atoms with Crippen molar-refractivity contribution in [1.29, 1.82) is 0 Å². The Kier molecular flexibility index (Phi) is 3.06. The molecule has 1 aliphatic carbocycles. The number of phenolic OH excluding ortho intramolecular Hbond substituents is 1. The Labute approximate surface area is 99.6 Å². The molecule has 4 nitrogen and oxygen atoms in total. The molecule has 0 saturated heterocycles. The monoisotopic (exact) mass is 230 g/mol. The minimum absolute atomic E-state index is 0.0738. The molecule has 1 aromatic carbocycles. The lowest BCUT2D eigenvalue weighted by Crippen LogP contribution is -2.34. The summed E-state index contributed by atoms with van der Waals surface area (Å²) in [6.45, 7) is 1.78. The zero-order valence-electron chi connectivity index (χ0n) is 9.49. The maximum atomic E-state index is 9.82. The van der Waals surface area contributed by atoms with Gasteiger partial charge in [-0.3, -0.25) is 0 Å². The van der Waals surface area contributed by atoms with Crippen LogP contribution in [0.4, 0.5) is 5.69 Å². The van der Waals surface area contributed by atoms with E-state index in [0.717, 1.165) is 0 Å². The average Bonchev–Trinajstić information content (AvgIpc) is 2.32. The van der Waals surface area contributed by atoms with Gasteiger partial charge in [-0.25, -0.2) is 0 Å². The third kappa shape index (κ3) is 2.42. The van der Waals surface area contributed by atoms with Crippen LogP contribution in [0.1, 0.15) is 6.92 Å². The van der Waals surface area contributed by atoms with Crippen LogP contribution in [0.5, 0.6) is 5.75 Å². The number of hydrogen-bond acceptors (Lipinski definition) is 4. The highest BCUT2D eigenvalue weighted by molar-refractivity contribution is 5.49. The number of phenols is 1. The summed E-state index contributed by atoms with van der Waals surface area (Å²) in [4.78, 5) is 0. The normalized spacial score (nSPS) is 27.8. The highest BCUT2D eigenvalue weighted by atomic mass is 16.3. The molecule has 1 aromatic rings. The maximum Gasteiger partial charge on any atom is 0.143 e. The summed E-state index contributed by atoms with van der Waals surface area (Å²) in [6, 6.07) is 6.69. The first kappa shape index (κ1) is 11.5. The van der Waals surface area contributed by atoms with Crippen LogP contribution < -0.4 is 0 Å². The third-order valence-electron chi connectivity index (χ3n) is 2.69. The molecule has 2 rings (SSSR count). The van der Waals surface area contributed by atoms with E-state index in [2.05, 4.69) is 10.2 Å². The van der Waals surface area contributed by atoms with E-state index in [0.29, 0.717) is 5.69 Å².